The van der Waals surface area contributed by atoms with Gasteiger partial charge in [0.2, 0.25) is 0 Å². The zero-order chi connectivity index (χ0) is 17.3. The molecule has 1 heterocycles. The number of amides is 2. The number of hydrogen-bond acceptors (Lipinski definition) is 3. The molecule has 0 radical (unpaired) electrons. The van der Waals surface area contributed by atoms with Crippen LogP contribution >= 0.6 is 15.9 Å². The smallest absolute Gasteiger partial charge is 0.267 e. The van der Waals surface area contributed by atoms with E-state index >= 15 is 0 Å². The number of rotatable bonds is 2. The molecule has 0 fully saturated rings. The molecule has 2 amide bonds. The molecule has 1 aliphatic rings. The van der Waals surface area contributed by atoms with E-state index in [1.54, 1.807) is 43.4 Å². The molecule has 0 bridgehead atoms. The number of carbonyl (C=O) groups is 2. The minimum atomic E-state index is -0.603. The first-order valence-electron chi connectivity index (χ1n) is 7.11. The minimum Gasteiger partial charge on any atom is -0.321 e. The molecule has 1 aliphatic heterocycles. The van der Waals surface area contributed by atoms with Crippen molar-refractivity contribution in [2.45, 2.75) is 0 Å². The van der Waals surface area contributed by atoms with Crippen molar-refractivity contribution < 1.29 is 9.59 Å². The highest BCUT2D eigenvalue weighted by molar-refractivity contribution is 9.10. The summed E-state index contributed by atoms with van der Waals surface area (Å²) in [6, 6.07) is 16.0. The van der Waals surface area contributed by atoms with E-state index in [1.165, 1.54) is 4.90 Å². The molecule has 0 aliphatic carbocycles. The monoisotopic (exact) mass is 381 g/mol. The van der Waals surface area contributed by atoms with Crippen LogP contribution in [0.5, 0.6) is 0 Å². The number of hydrogen-bond donors (Lipinski definition) is 1. The van der Waals surface area contributed by atoms with E-state index in [-0.39, 0.29) is 17.1 Å². The fourth-order valence-electron chi connectivity index (χ4n) is 2.57. The third-order valence-electron chi connectivity index (χ3n) is 3.73. The van der Waals surface area contributed by atoms with Crippen molar-refractivity contribution in [1.29, 1.82) is 5.26 Å². The predicted octanol–water partition coefficient (Wildman–Crippen LogP) is 3.34. The van der Waals surface area contributed by atoms with E-state index in [2.05, 4.69) is 21.2 Å². The van der Waals surface area contributed by atoms with Gasteiger partial charge in [-0.15, -0.1) is 0 Å². The number of halogens is 1. The van der Waals surface area contributed by atoms with Crippen LogP contribution in [-0.2, 0) is 9.59 Å². The molecule has 24 heavy (non-hydrogen) atoms. The number of fused-ring (bicyclic) bond motifs is 1. The number of benzene rings is 2. The quantitative estimate of drug-likeness (QED) is 0.640. The van der Waals surface area contributed by atoms with Gasteiger partial charge in [0, 0.05) is 22.8 Å². The largest absolute Gasteiger partial charge is 0.321 e. The predicted molar refractivity (Wildman–Crippen MR) is 95.2 cm³/mol. The SMILES string of the molecule is CN1C(=O)/C(=C(/C#N)C(=O)Nc2ccccc2)c2cc(Br)ccc21. The van der Waals surface area contributed by atoms with Gasteiger partial charge in [-0.3, -0.25) is 9.59 Å². The highest BCUT2D eigenvalue weighted by Crippen LogP contribution is 2.39. The fourth-order valence-corrected chi connectivity index (χ4v) is 2.93. The minimum absolute atomic E-state index is 0.115. The average molecular weight is 382 g/mol. The average Bonchev–Trinajstić information content (AvgIpc) is 2.81. The summed E-state index contributed by atoms with van der Waals surface area (Å²) in [5.41, 5.74) is 1.71. The molecule has 6 heteroatoms. The summed E-state index contributed by atoms with van der Waals surface area (Å²) in [7, 11) is 1.62. The van der Waals surface area contributed by atoms with E-state index < -0.39 is 5.91 Å². The van der Waals surface area contributed by atoms with E-state index in [0.717, 1.165) is 4.47 Å². The summed E-state index contributed by atoms with van der Waals surface area (Å²) >= 11 is 3.36. The molecule has 0 aromatic heterocycles. The van der Waals surface area contributed by atoms with E-state index in [0.29, 0.717) is 16.9 Å². The van der Waals surface area contributed by atoms with Gasteiger partial charge in [-0.2, -0.15) is 5.26 Å². The Morgan fingerprint density at radius 1 is 1.21 bits per heavy atom. The van der Waals surface area contributed by atoms with E-state index in [1.807, 2.05) is 18.2 Å². The zero-order valence-electron chi connectivity index (χ0n) is 12.7. The van der Waals surface area contributed by atoms with Crippen LogP contribution in [0.4, 0.5) is 11.4 Å². The molecule has 0 spiro atoms. The van der Waals surface area contributed by atoms with Crippen molar-refractivity contribution in [2.75, 3.05) is 17.3 Å². The maximum atomic E-state index is 12.6. The second-order valence-corrected chi connectivity index (χ2v) is 6.12. The Hall–Kier alpha value is -2.91. The van der Waals surface area contributed by atoms with Crippen LogP contribution < -0.4 is 10.2 Å². The van der Waals surface area contributed by atoms with Crippen molar-refractivity contribution in [3.8, 4) is 6.07 Å². The molecule has 0 atom stereocenters. The summed E-state index contributed by atoms with van der Waals surface area (Å²) in [4.78, 5) is 26.5. The molecule has 0 saturated carbocycles. The standard InChI is InChI=1S/C18H12BrN3O2/c1-22-15-8-7-11(19)9-13(15)16(18(22)24)14(10-20)17(23)21-12-5-3-2-4-6-12/h2-9H,1H3,(H,21,23)/b16-14-. The molecule has 1 N–H and O–H groups in total. The van der Waals surface area contributed by atoms with Gasteiger partial charge in [0.25, 0.3) is 11.8 Å². The van der Waals surface area contributed by atoms with Gasteiger partial charge in [-0.25, -0.2) is 0 Å². The molecule has 0 unspecified atom stereocenters. The van der Waals surface area contributed by atoms with E-state index in [4.69, 9.17) is 0 Å². The van der Waals surface area contributed by atoms with E-state index in [9.17, 15) is 14.9 Å². The second kappa shape index (κ2) is 6.30. The first-order valence-corrected chi connectivity index (χ1v) is 7.91. The lowest BCUT2D eigenvalue weighted by molar-refractivity contribution is -0.114. The van der Waals surface area contributed by atoms with Crippen LogP contribution in [-0.4, -0.2) is 18.9 Å². The Balaban J connectivity index is 2.09. The maximum Gasteiger partial charge on any atom is 0.267 e. The van der Waals surface area contributed by atoms with Crippen LogP contribution in [0.2, 0.25) is 0 Å². The summed E-state index contributed by atoms with van der Waals surface area (Å²) in [6.45, 7) is 0. The Bertz CT molecular complexity index is 914. The van der Waals surface area contributed by atoms with Crippen molar-refractivity contribution >= 4 is 44.7 Å². The molecule has 118 valence electrons. The Morgan fingerprint density at radius 2 is 1.92 bits per heavy atom. The van der Waals surface area contributed by atoms with Gasteiger partial charge < -0.3 is 10.2 Å². The molecular weight excluding hydrogens is 370 g/mol. The van der Waals surface area contributed by atoms with Crippen molar-refractivity contribution in [2.24, 2.45) is 0 Å². The third-order valence-corrected chi connectivity index (χ3v) is 4.22. The first kappa shape index (κ1) is 16.0. The van der Waals surface area contributed by atoms with Gasteiger partial charge in [0.1, 0.15) is 11.6 Å². The normalized spacial score (nSPS) is 14.9. The topological polar surface area (TPSA) is 73.2 Å². The van der Waals surface area contributed by atoms with Gasteiger partial charge in [-0.05, 0) is 30.3 Å². The number of nitrogens with zero attached hydrogens (tertiary/aromatic N) is 2. The summed E-state index contributed by atoms with van der Waals surface area (Å²) in [6.07, 6.45) is 0. The number of carbonyl (C=O) groups excluding carboxylic acids is 2. The van der Waals surface area contributed by atoms with Crippen LogP contribution in [0.25, 0.3) is 5.57 Å². The summed E-state index contributed by atoms with van der Waals surface area (Å²) < 4.78 is 0.766. The molecule has 2 aromatic rings. The van der Waals surface area contributed by atoms with Gasteiger partial charge in [0.15, 0.2) is 0 Å². The number of anilines is 2. The van der Waals surface area contributed by atoms with Crippen molar-refractivity contribution in [1.82, 2.24) is 0 Å². The van der Waals surface area contributed by atoms with Crippen LogP contribution in [0.1, 0.15) is 5.56 Å². The van der Waals surface area contributed by atoms with Gasteiger partial charge >= 0.3 is 0 Å². The van der Waals surface area contributed by atoms with Gasteiger partial charge in [0.05, 0.1) is 11.3 Å². The fraction of sp³-hybridized carbons (Fsp3) is 0.0556. The summed E-state index contributed by atoms with van der Waals surface area (Å²) in [5.74, 6) is -0.976. The third kappa shape index (κ3) is 2.70. The summed E-state index contributed by atoms with van der Waals surface area (Å²) in [5, 5.41) is 12.1. The number of likely N-dealkylation sites (N-methyl/N-ethyl adjacent to an activating group) is 1. The van der Waals surface area contributed by atoms with Crippen LogP contribution in [0.15, 0.2) is 58.6 Å². The van der Waals surface area contributed by atoms with Gasteiger partial charge in [-0.1, -0.05) is 34.1 Å². The lowest BCUT2D eigenvalue weighted by atomic mass is 10.0. The first-order chi connectivity index (χ1) is 11.5. The van der Waals surface area contributed by atoms with Crippen LogP contribution in [0, 0.1) is 11.3 Å². The zero-order valence-corrected chi connectivity index (χ0v) is 14.3. The van der Waals surface area contributed by atoms with Crippen LogP contribution in [0.3, 0.4) is 0 Å². The lowest BCUT2D eigenvalue weighted by Crippen LogP contribution is -2.23. The molecule has 5 nitrogen and oxygen atoms in total. The Kier molecular flexibility index (Phi) is 4.19. The van der Waals surface area contributed by atoms with Crippen molar-refractivity contribution in [3.05, 3.63) is 64.1 Å². The molecule has 2 aromatic carbocycles. The second-order valence-electron chi connectivity index (χ2n) is 5.21. The Morgan fingerprint density at radius 3 is 2.58 bits per heavy atom. The van der Waals surface area contributed by atoms with Crippen molar-refractivity contribution in [3.63, 3.8) is 0 Å². The molecule has 0 saturated heterocycles. The molecular formula is C18H12BrN3O2. The maximum absolute atomic E-state index is 12.6. The Labute approximate surface area is 147 Å². The highest BCUT2D eigenvalue weighted by Gasteiger charge is 2.34. The number of para-hydroxylation sites is 1. The molecule has 3 rings (SSSR count). The number of nitriles is 1. The lowest BCUT2D eigenvalue weighted by Gasteiger charge is -2.08. The highest BCUT2D eigenvalue weighted by atomic mass is 79.9. The number of nitrogens with one attached hydrogen (secondary N) is 1.